The molecule has 3 aromatic carbocycles. The van der Waals surface area contributed by atoms with E-state index in [0.29, 0.717) is 17.9 Å². The molecule has 132 valence electrons. The molecule has 3 rings (SSSR count). The van der Waals surface area contributed by atoms with Crippen LogP contribution in [0, 0.1) is 0 Å². The van der Waals surface area contributed by atoms with Crippen molar-refractivity contribution in [3.05, 3.63) is 71.8 Å². The Morgan fingerprint density at radius 1 is 1.08 bits per heavy atom. The molecular formula is C21H19NO4. The SMILES string of the molecule is COc1cccc(CNC(=O)COc2ccc3ccccc3c2C=O)c1. The number of nitrogens with one attached hydrogen (secondary N) is 1. The zero-order chi connectivity index (χ0) is 18.4. The first-order valence-electron chi connectivity index (χ1n) is 8.20. The van der Waals surface area contributed by atoms with E-state index in [0.717, 1.165) is 28.4 Å². The van der Waals surface area contributed by atoms with Gasteiger partial charge in [0.25, 0.3) is 5.91 Å². The second-order valence-electron chi connectivity index (χ2n) is 5.73. The van der Waals surface area contributed by atoms with E-state index in [1.807, 2.05) is 54.6 Å². The van der Waals surface area contributed by atoms with Gasteiger partial charge < -0.3 is 14.8 Å². The number of amides is 1. The Bertz CT molecular complexity index is 936. The number of ether oxygens (including phenoxy) is 2. The molecule has 0 radical (unpaired) electrons. The highest BCUT2D eigenvalue weighted by atomic mass is 16.5. The van der Waals surface area contributed by atoms with Gasteiger partial charge in [0.15, 0.2) is 12.9 Å². The van der Waals surface area contributed by atoms with Gasteiger partial charge in [-0.15, -0.1) is 0 Å². The quantitative estimate of drug-likeness (QED) is 0.664. The maximum Gasteiger partial charge on any atom is 0.258 e. The van der Waals surface area contributed by atoms with Crippen LogP contribution in [0.15, 0.2) is 60.7 Å². The van der Waals surface area contributed by atoms with Gasteiger partial charge in [0.05, 0.1) is 12.7 Å². The van der Waals surface area contributed by atoms with E-state index in [1.165, 1.54) is 0 Å². The van der Waals surface area contributed by atoms with Crippen LogP contribution in [0.3, 0.4) is 0 Å². The Hall–Kier alpha value is -3.34. The summed E-state index contributed by atoms with van der Waals surface area (Å²) < 4.78 is 10.7. The predicted octanol–water partition coefficient (Wildman–Crippen LogP) is 3.36. The summed E-state index contributed by atoms with van der Waals surface area (Å²) in [6.45, 7) is 0.209. The standard InChI is InChI=1S/C21H19NO4/c1-25-17-7-4-5-15(11-17)12-22-21(24)14-26-20-10-9-16-6-2-3-8-18(16)19(20)13-23/h2-11,13H,12,14H2,1H3,(H,22,24). The van der Waals surface area contributed by atoms with E-state index >= 15 is 0 Å². The molecule has 0 fully saturated rings. The van der Waals surface area contributed by atoms with Crippen molar-refractivity contribution in [3.63, 3.8) is 0 Å². The highest BCUT2D eigenvalue weighted by Crippen LogP contribution is 2.26. The van der Waals surface area contributed by atoms with Gasteiger partial charge in [0.1, 0.15) is 11.5 Å². The van der Waals surface area contributed by atoms with E-state index in [9.17, 15) is 9.59 Å². The van der Waals surface area contributed by atoms with Crippen molar-refractivity contribution in [2.45, 2.75) is 6.54 Å². The third-order valence-electron chi connectivity index (χ3n) is 4.03. The van der Waals surface area contributed by atoms with Crippen LogP contribution >= 0.6 is 0 Å². The Labute approximate surface area is 151 Å². The molecule has 0 saturated heterocycles. The smallest absolute Gasteiger partial charge is 0.258 e. The topological polar surface area (TPSA) is 64.6 Å². The number of fused-ring (bicyclic) bond motifs is 1. The highest BCUT2D eigenvalue weighted by molar-refractivity contribution is 6.00. The second-order valence-corrected chi connectivity index (χ2v) is 5.73. The molecule has 3 aromatic rings. The third kappa shape index (κ3) is 4.00. The lowest BCUT2D eigenvalue weighted by Gasteiger charge is -2.11. The summed E-state index contributed by atoms with van der Waals surface area (Å²) in [5.74, 6) is 0.868. The minimum atomic E-state index is -0.266. The average molecular weight is 349 g/mol. The molecule has 0 atom stereocenters. The van der Waals surface area contributed by atoms with E-state index < -0.39 is 0 Å². The summed E-state index contributed by atoms with van der Waals surface area (Å²) in [5, 5.41) is 4.54. The average Bonchev–Trinajstić information content (AvgIpc) is 2.70. The number of carbonyl (C=O) groups excluding carboxylic acids is 2. The maximum atomic E-state index is 12.1. The van der Waals surface area contributed by atoms with Gasteiger partial charge >= 0.3 is 0 Å². The van der Waals surface area contributed by atoms with Crippen LogP contribution in [0.2, 0.25) is 0 Å². The molecule has 0 saturated carbocycles. The fourth-order valence-corrected chi connectivity index (χ4v) is 2.70. The Morgan fingerprint density at radius 3 is 2.73 bits per heavy atom. The van der Waals surface area contributed by atoms with Crippen molar-refractivity contribution < 1.29 is 19.1 Å². The number of carbonyl (C=O) groups is 2. The molecular weight excluding hydrogens is 330 g/mol. The van der Waals surface area contributed by atoms with Crippen molar-refractivity contribution in [1.29, 1.82) is 0 Å². The zero-order valence-electron chi connectivity index (χ0n) is 14.4. The van der Waals surface area contributed by atoms with Gasteiger partial charge in [0.2, 0.25) is 0 Å². The third-order valence-corrected chi connectivity index (χ3v) is 4.03. The summed E-state index contributed by atoms with van der Waals surface area (Å²) in [7, 11) is 1.60. The molecule has 1 amide bonds. The molecule has 0 spiro atoms. The zero-order valence-corrected chi connectivity index (χ0v) is 14.4. The number of methoxy groups -OCH3 is 1. The van der Waals surface area contributed by atoms with E-state index in [1.54, 1.807) is 13.2 Å². The fraction of sp³-hybridized carbons (Fsp3) is 0.143. The summed E-state index contributed by atoms with van der Waals surface area (Å²) >= 11 is 0. The minimum absolute atomic E-state index is 0.164. The second kappa shape index (κ2) is 8.16. The van der Waals surface area contributed by atoms with Gasteiger partial charge in [-0.05, 0) is 34.5 Å². The lowest BCUT2D eigenvalue weighted by Crippen LogP contribution is -2.28. The van der Waals surface area contributed by atoms with Crippen LogP contribution in [0.1, 0.15) is 15.9 Å². The molecule has 26 heavy (non-hydrogen) atoms. The number of hydrogen-bond donors (Lipinski definition) is 1. The summed E-state index contributed by atoms with van der Waals surface area (Å²) in [6, 6.07) is 18.6. The highest BCUT2D eigenvalue weighted by Gasteiger charge is 2.10. The monoisotopic (exact) mass is 349 g/mol. The molecule has 5 nitrogen and oxygen atoms in total. The summed E-state index contributed by atoms with van der Waals surface area (Å²) in [4.78, 5) is 23.5. The molecule has 1 N–H and O–H groups in total. The van der Waals surface area contributed by atoms with Crippen LogP contribution in [-0.4, -0.2) is 25.9 Å². The van der Waals surface area contributed by atoms with Crippen molar-refractivity contribution in [2.24, 2.45) is 0 Å². The lowest BCUT2D eigenvalue weighted by atomic mass is 10.0. The molecule has 5 heteroatoms. The Balaban J connectivity index is 1.62. The Morgan fingerprint density at radius 2 is 1.92 bits per heavy atom. The van der Waals surface area contributed by atoms with E-state index in [-0.39, 0.29) is 12.5 Å². The molecule has 0 unspecified atom stereocenters. The number of rotatable bonds is 7. The fourth-order valence-electron chi connectivity index (χ4n) is 2.70. The van der Waals surface area contributed by atoms with E-state index in [4.69, 9.17) is 9.47 Å². The first-order chi connectivity index (χ1) is 12.7. The molecule has 0 aliphatic rings. The van der Waals surface area contributed by atoms with Gasteiger partial charge in [-0.1, -0.05) is 42.5 Å². The van der Waals surface area contributed by atoms with Crippen molar-refractivity contribution in [2.75, 3.05) is 13.7 Å². The normalized spacial score (nSPS) is 10.3. The van der Waals surface area contributed by atoms with Crippen LogP contribution < -0.4 is 14.8 Å². The van der Waals surface area contributed by atoms with Crippen LogP contribution in [0.4, 0.5) is 0 Å². The van der Waals surface area contributed by atoms with Crippen molar-refractivity contribution >= 4 is 23.0 Å². The minimum Gasteiger partial charge on any atom is -0.497 e. The van der Waals surface area contributed by atoms with E-state index in [2.05, 4.69) is 5.32 Å². The van der Waals surface area contributed by atoms with Crippen LogP contribution in [0.5, 0.6) is 11.5 Å². The lowest BCUT2D eigenvalue weighted by molar-refractivity contribution is -0.123. The first kappa shape index (κ1) is 17.5. The van der Waals surface area contributed by atoms with Crippen LogP contribution in [-0.2, 0) is 11.3 Å². The van der Waals surface area contributed by atoms with Gasteiger partial charge in [-0.3, -0.25) is 9.59 Å². The predicted molar refractivity (Wildman–Crippen MR) is 99.7 cm³/mol. The van der Waals surface area contributed by atoms with Gasteiger partial charge in [-0.25, -0.2) is 0 Å². The molecule has 0 aliphatic carbocycles. The molecule has 0 bridgehead atoms. The largest absolute Gasteiger partial charge is 0.497 e. The number of aldehydes is 1. The Kier molecular flexibility index (Phi) is 5.49. The summed E-state index contributed by atoms with van der Waals surface area (Å²) in [5.41, 5.74) is 1.38. The van der Waals surface area contributed by atoms with Crippen LogP contribution in [0.25, 0.3) is 10.8 Å². The van der Waals surface area contributed by atoms with Crippen molar-refractivity contribution in [3.8, 4) is 11.5 Å². The molecule has 0 aromatic heterocycles. The van der Waals surface area contributed by atoms with Crippen molar-refractivity contribution in [1.82, 2.24) is 5.32 Å². The molecule has 0 heterocycles. The summed E-state index contributed by atoms with van der Waals surface area (Å²) in [6.07, 6.45) is 0.756. The molecule has 0 aliphatic heterocycles. The van der Waals surface area contributed by atoms with Gasteiger partial charge in [-0.2, -0.15) is 0 Å². The first-order valence-corrected chi connectivity index (χ1v) is 8.20. The number of hydrogen-bond acceptors (Lipinski definition) is 4. The number of benzene rings is 3. The van der Waals surface area contributed by atoms with Gasteiger partial charge in [0, 0.05) is 6.54 Å². The maximum absolute atomic E-state index is 12.1.